The molecule has 3 heterocycles. The standard InChI is InChI=1S/C10H11N3OS/c15-10-12-8-2-1-4-11-9(8)13(10)7-3-5-14-6-7/h1-2,4,7H,3,5-6H2,(H,12,15). The number of fused-ring (bicyclic) bond motifs is 1. The molecule has 4 nitrogen and oxygen atoms in total. The normalized spacial score (nSPS) is 21.2. The van der Waals surface area contributed by atoms with Gasteiger partial charge in [-0.1, -0.05) is 0 Å². The van der Waals surface area contributed by atoms with Crippen molar-refractivity contribution in [2.45, 2.75) is 12.5 Å². The van der Waals surface area contributed by atoms with Crippen LogP contribution in [-0.2, 0) is 4.74 Å². The van der Waals surface area contributed by atoms with Crippen molar-refractivity contribution in [2.75, 3.05) is 13.2 Å². The van der Waals surface area contributed by atoms with Gasteiger partial charge in [-0.15, -0.1) is 0 Å². The molecule has 0 aromatic carbocycles. The van der Waals surface area contributed by atoms with Gasteiger partial charge in [-0.3, -0.25) is 4.57 Å². The average molecular weight is 221 g/mol. The van der Waals surface area contributed by atoms with Gasteiger partial charge in [-0.25, -0.2) is 4.98 Å². The maximum Gasteiger partial charge on any atom is 0.179 e. The Bertz CT molecular complexity index is 539. The molecule has 0 amide bonds. The van der Waals surface area contributed by atoms with E-state index in [2.05, 4.69) is 14.5 Å². The van der Waals surface area contributed by atoms with Gasteiger partial charge >= 0.3 is 0 Å². The summed E-state index contributed by atoms with van der Waals surface area (Å²) in [7, 11) is 0. The molecule has 78 valence electrons. The number of rotatable bonds is 1. The van der Waals surface area contributed by atoms with Gasteiger partial charge in [0.15, 0.2) is 10.4 Å². The van der Waals surface area contributed by atoms with Crippen LogP contribution >= 0.6 is 12.2 Å². The molecule has 0 aliphatic carbocycles. The number of aromatic amines is 1. The van der Waals surface area contributed by atoms with Crippen LogP contribution in [0.15, 0.2) is 18.3 Å². The molecule has 1 fully saturated rings. The summed E-state index contributed by atoms with van der Waals surface area (Å²) in [5, 5.41) is 0. The highest BCUT2D eigenvalue weighted by Gasteiger charge is 2.20. The lowest BCUT2D eigenvalue weighted by Crippen LogP contribution is -2.09. The van der Waals surface area contributed by atoms with Gasteiger partial charge < -0.3 is 9.72 Å². The Kier molecular flexibility index (Phi) is 2.07. The molecule has 0 radical (unpaired) electrons. The number of hydrogen-bond donors (Lipinski definition) is 1. The van der Waals surface area contributed by atoms with Crippen LogP contribution in [0.1, 0.15) is 12.5 Å². The molecule has 0 saturated carbocycles. The van der Waals surface area contributed by atoms with Crippen molar-refractivity contribution in [3.63, 3.8) is 0 Å². The highest BCUT2D eigenvalue weighted by atomic mass is 32.1. The zero-order chi connectivity index (χ0) is 10.3. The molecule has 2 aromatic rings. The lowest BCUT2D eigenvalue weighted by Gasteiger charge is -2.09. The molecular weight excluding hydrogens is 210 g/mol. The summed E-state index contributed by atoms with van der Waals surface area (Å²) in [6.45, 7) is 1.55. The van der Waals surface area contributed by atoms with E-state index in [4.69, 9.17) is 17.0 Å². The quantitative estimate of drug-likeness (QED) is 0.749. The highest BCUT2D eigenvalue weighted by molar-refractivity contribution is 7.71. The molecular formula is C10H11N3OS. The van der Waals surface area contributed by atoms with E-state index in [1.807, 2.05) is 12.1 Å². The molecule has 0 spiro atoms. The molecule has 1 aliphatic rings. The molecule has 1 unspecified atom stereocenters. The summed E-state index contributed by atoms with van der Waals surface area (Å²) in [5.41, 5.74) is 1.92. The molecule has 1 saturated heterocycles. The van der Waals surface area contributed by atoms with Gasteiger partial charge in [0.1, 0.15) is 0 Å². The number of nitrogens with one attached hydrogen (secondary N) is 1. The van der Waals surface area contributed by atoms with Crippen LogP contribution in [0, 0.1) is 4.77 Å². The van der Waals surface area contributed by atoms with Crippen molar-refractivity contribution in [1.82, 2.24) is 14.5 Å². The Morgan fingerprint density at radius 2 is 2.53 bits per heavy atom. The number of nitrogens with zero attached hydrogens (tertiary/aromatic N) is 2. The van der Waals surface area contributed by atoms with Gasteiger partial charge in [0.2, 0.25) is 0 Å². The number of imidazole rings is 1. The first-order valence-electron chi connectivity index (χ1n) is 4.99. The van der Waals surface area contributed by atoms with Crippen molar-refractivity contribution in [3.05, 3.63) is 23.1 Å². The van der Waals surface area contributed by atoms with E-state index in [1.165, 1.54) is 0 Å². The lowest BCUT2D eigenvalue weighted by atomic mass is 10.2. The van der Waals surface area contributed by atoms with Gasteiger partial charge in [-0.05, 0) is 30.8 Å². The fourth-order valence-corrected chi connectivity index (χ4v) is 2.37. The molecule has 1 atom stereocenters. The van der Waals surface area contributed by atoms with E-state index < -0.39 is 0 Å². The zero-order valence-electron chi connectivity index (χ0n) is 8.14. The van der Waals surface area contributed by atoms with Crippen LogP contribution in [0.4, 0.5) is 0 Å². The molecule has 1 aliphatic heterocycles. The van der Waals surface area contributed by atoms with Gasteiger partial charge in [-0.2, -0.15) is 0 Å². The van der Waals surface area contributed by atoms with Crippen molar-refractivity contribution in [3.8, 4) is 0 Å². The molecule has 3 rings (SSSR count). The third-order valence-corrected chi connectivity index (χ3v) is 3.04. The topological polar surface area (TPSA) is 42.8 Å². The smallest absolute Gasteiger partial charge is 0.179 e. The number of H-pyrrole nitrogens is 1. The fourth-order valence-electron chi connectivity index (χ4n) is 2.02. The second-order valence-electron chi connectivity index (χ2n) is 3.69. The minimum atomic E-state index is 0.334. The summed E-state index contributed by atoms with van der Waals surface area (Å²) in [5.74, 6) is 0. The summed E-state index contributed by atoms with van der Waals surface area (Å²) in [6.07, 6.45) is 2.80. The van der Waals surface area contributed by atoms with Crippen molar-refractivity contribution in [1.29, 1.82) is 0 Å². The predicted octanol–water partition coefficient (Wildman–Crippen LogP) is 2.06. The van der Waals surface area contributed by atoms with Crippen LogP contribution in [0.5, 0.6) is 0 Å². The van der Waals surface area contributed by atoms with Crippen molar-refractivity contribution >= 4 is 23.4 Å². The Hall–Kier alpha value is -1.20. The van der Waals surface area contributed by atoms with Gasteiger partial charge in [0, 0.05) is 12.8 Å². The minimum Gasteiger partial charge on any atom is -0.379 e. The van der Waals surface area contributed by atoms with Crippen LogP contribution < -0.4 is 0 Å². The Balaban J connectivity index is 2.23. The summed E-state index contributed by atoms with van der Waals surface area (Å²) in [4.78, 5) is 7.52. The third kappa shape index (κ3) is 1.39. The van der Waals surface area contributed by atoms with E-state index in [1.54, 1.807) is 6.20 Å². The highest BCUT2D eigenvalue weighted by Crippen LogP contribution is 2.23. The van der Waals surface area contributed by atoms with E-state index >= 15 is 0 Å². The Morgan fingerprint density at radius 1 is 1.60 bits per heavy atom. The molecule has 5 heteroatoms. The Labute approximate surface area is 91.9 Å². The maximum absolute atomic E-state index is 5.38. The second-order valence-corrected chi connectivity index (χ2v) is 4.08. The zero-order valence-corrected chi connectivity index (χ0v) is 8.96. The SMILES string of the molecule is S=c1[nH]c2cccnc2n1C1CCOC1. The monoisotopic (exact) mass is 221 g/mol. The largest absolute Gasteiger partial charge is 0.379 e. The minimum absolute atomic E-state index is 0.334. The fraction of sp³-hybridized carbons (Fsp3) is 0.400. The first-order chi connectivity index (χ1) is 7.36. The molecule has 15 heavy (non-hydrogen) atoms. The van der Waals surface area contributed by atoms with E-state index in [0.29, 0.717) is 6.04 Å². The third-order valence-electron chi connectivity index (χ3n) is 2.75. The Morgan fingerprint density at radius 3 is 3.33 bits per heavy atom. The molecule has 1 N–H and O–H groups in total. The van der Waals surface area contributed by atoms with E-state index in [-0.39, 0.29) is 0 Å². The lowest BCUT2D eigenvalue weighted by molar-refractivity contribution is 0.187. The first kappa shape index (κ1) is 9.06. The average Bonchev–Trinajstić information content (AvgIpc) is 2.82. The predicted molar refractivity (Wildman–Crippen MR) is 59.4 cm³/mol. The number of hydrogen-bond acceptors (Lipinski definition) is 3. The van der Waals surface area contributed by atoms with E-state index in [9.17, 15) is 0 Å². The van der Waals surface area contributed by atoms with Crippen LogP contribution in [0.3, 0.4) is 0 Å². The van der Waals surface area contributed by atoms with Gasteiger partial charge in [0.05, 0.1) is 18.2 Å². The number of ether oxygens (including phenoxy) is 1. The summed E-state index contributed by atoms with van der Waals surface area (Å²) in [6, 6.07) is 4.23. The maximum atomic E-state index is 5.38. The summed E-state index contributed by atoms with van der Waals surface area (Å²) >= 11 is 5.30. The summed E-state index contributed by atoms with van der Waals surface area (Å²) < 4.78 is 8.18. The van der Waals surface area contributed by atoms with Crippen LogP contribution in [-0.4, -0.2) is 27.7 Å². The van der Waals surface area contributed by atoms with Crippen LogP contribution in [0.25, 0.3) is 11.2 Å². The van der Waals surface area contributed by atoms with Crippen LogP contribution in [0.2, 0.25) is 0 Å². The number of pyridine rings is 1. The van der Waals surface area contributed by atoms with Gasteiger partial charge in [0.25, 0.3) is 0 Å². The second kappa shape index (κ2) is 3.43. The van der Waals surface area contributed by atoms with Crippen molar-refractivity contribution in [2.24, 2.45) is 0 Å². The molecule has 0 bridgehead atoms. The van der Waals surface area contributed by atoms with E-state index in [0.717, 1.165) is 35.6 Å². The number of aromatic nitrogens is 3. The first-order valence-corrected chi connectivity index (χ1v) is 5.40. The molecule has 2 aromatic heterocycles. The van der Waals surface area contributed by atoms with Crippen molar-refractivity contribution < 1.29 is 4.74 Å².